The molecule has 0 aromatic heterocycles. The van der Waals surface area contributed by atoms with Crippen LogP contribution in [0.3, 0.4) is 0 Å². The minimum Gasteiger partial charge on any atom is -0.219 e. The van der Waals surface area contributed by atoms with Gasteiger partial charge in [-0.3, -0.25) is 0 Å². The Morgan fingerprint density at radius 1 is 1.17 bits per heavy atom. The molecule has 0 amide bonds. The Hall–Kier alpha value is -0.360. The lowest BCUT2D eigenvalue weighted by Crippen LogP contribution is -1.91. The van der Waals surface area contributed by atoms with E-state index in [1.807, 2.05) is 34.7 Å². The van der Waals surface area contributed by atoms with E-state index in [1.54, 1.807) is 12.1 Å². The van der Waals surface area contributed by atoms with Crippen LogP contribution in [-0.2, 0) is 9.84 Å². The van der Waals surface area contributed by atoms with Gasteiger partial charge in [0.1, 0.15) is 0 Å². The smallest absolute Gasteiger partial charge is 0.201 e. The van der Waals surface area contributed by atoms with Gasteiger partial charge in [-0.2, -0.15) is 0 Å². The van der Waals surface area contributed by atoms with Gasteiger partial charge in [-0.25, -0.2) is 8.42 Å². The number of rotatable bonds is 0. The quantitative estimate of drug-likeness (QED) is 0.687. The zero-order valence-electron chi connectivity index (χ0n) is 5.99. The summed E-state index contributed by atoms with van der Waals surface area (Å²) in [6, 6.07) is 7.02. The zero-order valence-corrected chi connectivity index (χ0v) is 8.96. The predicted octanol–water partition coefficient (Wildman–Crippen LogP) is 2.21. The van der Waals surface area contributed by atoms with Gasteiger partial charge in [0.25, 0.3) is 0 Å². The first-order valence-electron chi connectivity index (χ1n) is 3.33. The van der Waals surface area contributed by atoms with Crippen LogP contribution in [0, 0.1) is 0 Å². The third-order valence-electron chi connectivity index (χ3n) is 1.71. The number of fused-ring (bicyclic) bond motifs is 1. The fourth-order valence-electron chi connectivity index (χ4n) is 1.18. The molecule has 2 nitrogen and oxygen atoms in total. The van der Waals surface area contributed by atoms with Gasteiger partial charge in [-0.1, -0.05) is 18.2 Å². The molecule has 12 heavy (non-hydrogen) atoms. The van der Waals surface area contributed by atoms with E-state index in [1.165, 1.54) is 5.41 Å². The van der Waals surface area contributed by atoms with Crippen molar-refractivity contribution in [3.8, 4) is 0 Å². The second-order valence-electron chi connectivity index (χ2n) is 2.51. The van der Waals surface area contributed by atoms with Crippen molar-refractivity contribution in [1.82, 2.24) is 0 Å². The van der Waals surface area contributed by atoms with Gasteiger partial charge in [-0.15, -0.1) is 0 Å². The van der Waals surface area contributed by atoms with Crippen LogP contribution in [0.5, 0.6) is 0 Å². The van der Waals surface area contributed by atoms with Crippen LogP contribution in [0.2, 0.25) is 0 Å². The molecule has 4 heteroatoms. The Kier molecular flexibility index (Phi) is 1.76. The molecule has 0 spiro atoms. The van der Waals surface area contributed by atoms with E-state index in [9.17, 15) is 8.42 Å². The van der Waals surface area contributed by atoms with Crippen molar-refractivity contribution in [3.63, 3.8) is 0 Å². The summed E-state index contributed by atoms with van der Waals surface area (Å²) in [5.41, 5.74) is 0.818. The fourth-order valence-corrected chi connectivity index (χ4v) is 4.11. The van der Waals surface area contributed by atoms with Crippen molar-refractivity contribution in [2.75, 3.05) is 0 Å². The summed E-state index contributed by atoms with van der Waals surface area (Å²) in [7, 11) is -3.12. The van der Waals surface area contributed by atoms with E-state index in [4.69, 9.17) is 0 Å². The summed E-state index contributed by atoms with van der Waals surface area (Å²) in [6.07, 6.45) is 0. The Bertz CT molecular complexity index is 460. The Balaban J connectivity index is 2.86. The molecule has 0 fully saturated rings. The highest BCUT2D eigenvalue weighted by molar-refractivity contribution is 14.1. The van der Waals surface area contributed by atoms with Gasteiger partial charge in [0.15, 0.2) is 0 Å². The first-order chi connectivity index (χ1) is 5.61. The lowest BCUT2D eigenvalue weighted by molar-refractivity contribution is 0.605. The van der Waals surface area contributed by atoms with Gasteiger partial charge >= 0.3 is 0 Å². The largest absolute Gasteiger partial charge is 0.219 e. The lowest BCUT2D eigenvalue weighted by atomic mass is 10.2. The summed E-state index contributed by atoms with van der Waals surface area (Å²) in [5, 5.41) is 1.30. The van der Waals surface area contributed by atoms with Crippen LogP contribution in [0.1, 0.15) is 5.56 Å². The van der Waals surface area contributed by atoms with Crippen molar-refractivity contribution in [1.29, 1.82) is 0 Å². The van der Waals surface area contributed by atoms with E-state index >= 15 is 0 Å². The second-order valence-corrected chi connectivity index (χ2v) is 5.43. The van der Waals surface area contributed by atoms with Crippen LogP contribution in [-0.4, -0.2) is 8.42 Å². The van der Waals surface area contributed by atoms with E-state index in [2.05, 4.69) is 0 Å². The number of sulfone groups is 1. The van der Waals surface area contributed by atoms with Crippen molar-refractivity contribution >= 4 is 36.0 Å². The zero-order chi connectivity index (χ0) is 8.77. The van der Waals surface area contributed by atoms with E-state index in [0.29, 0.717) is 4.90 Å². The first kappa shape index (κ1) is 8.25. The van der Waals surface area contributed by atoms with Crippen molar-refractivity contribution in [2.24, 2.45) is 0 Å². The average molecular weight is 292 g/mol. The molecule has 0 aliphatic carbocycles. The van der Waals surface area contributed by atoms with Gasteiger partial charge < -0.3 is 0 Å². The van der Waals surface area contributed by atoms with Crippen LogP contribution in [0.4, 0.5) is 0 Å². The Morgan fingerprint density at radius 3 is 2.50 bits per heavy atom. The monoisotopic (exact) mass is 292 g/mol. The number of halogens is 1. The molecule has 0 saturated heterocycles. The predicted molar refractivity (Wildman–Crippen MR) is 55.6 cm³/mol. The summed E-state index contributed by atoms with van der Waals surface area (Å²) >= 11 is 2.03. The molecule has 0 bridgehead atoms. The number of hydrogen-bond donors (Lipinski definition) is 0. The number of benzene rings is 1. The molecule has 0 N–H and O–H groups in total. The number of hydrogen-bond acceptors (Lipinski definition) is 2. The molecule has 1 aliphatic heterocycles. The molecule has 0 radical (unpaired) electrons. The van der Waals surface area contributed by atoms with E-state index < -0.39 is 9.84 Å². The molecule has 2 rings (SSSR count). The van der Waals surface area contributed by atoms with Crippen LogP contribution in [0.15, 0.2) is 34.6 Å². The van der Waals surface area contributed by atoms with E-state index in [-0.39, 0.29) is 0 Å². The highest BCUT2D eigenvalue weighted by atomic mass is 127. The molecule has 62 valence electrons. The third kappa shape index (κ3) is 1.09. The summed E-state index contributed by atoms with van der Waals surface area (Å²) < 4.78 is 23.6. The van der Waals surface area contributed by atoms with Gasteiger partial charge in [-0.05, 0) is 28.7 Å². The Morgan fingerprint density at radius 2 is 1.83 bits per heavy atom. The SMILES string of the molecule is O=S1(=O)C=C(I)c2ccccc21. The molecule has 1 heterocycles. The van der Waals surface area contributed by atoms with Crippen molar-refractivity contribution in [3.05, 3.63) is 35.2 Å². The van der Waals surface area contributed by atoms with Gasteiger partial charge in [0.2, 0.25) is 9.84 Å². The normalized spacial score (nSPS) is 18.6. The molecule has 0 atom stereocenters. The van der Waals surface area contributed by atoms with Crippen molar-refractivity contribution in [2.45, 2.75) is 4.90 Å². The molecule has 0 saturated carbocycles. The molecular formula is C8H5IO2S. The molecule has 1 aromatic rings. The van der Waals surface area contributed by atoms with Crippen LogP contribution < -0.4 is 0 Å². The first-order valence-corrected chi connectivity index (χ1v) is 5.95. The lowest BCUT2D eigenvalue weighted by Gasteiger charge is -1.96. The maximum atomic E-state index is 11.4. The second kappa shape index (κ2) is 2.56. The molecule has 1 aromatic carbocycles. The maximum absolute atomic E-state index is 11.4. The standard InChI is InChI=1S/C8H5IO2S/c9-7-5-12(10,11)8-4-2-1-3-6(7)8/h1-5H. The summed E-state index contributed by atoms with van der Waals surface area (Å²) in [6.45, 7) is 0. The fraction of sp³-hybridized carbons (Fsp3) is 0. The molecular weight excluding hydrogens is 287 g/mol. The highest BCUT2D eigenvalue weighted by Gasteiger charge is 2.24. The molecule has 0 unspecified atom stereocenters. The minimum absolute atomic E-state index is 0.425. The van der Waals surface area contributed by atoms with E-state index in [0.717, 1.165) is 9.14 Å². The highest BCUT2D eigenvalue weighted by Crippen LogP contribution is 2.36. The summed E-state index contributed by atoms with van der Waals surface area (Å²) in [5.74, 6) is 0. The minimum atomic E-state index is -3.12. The topological polar surface area (TPSA) is 34.1 Å². The average Bonchev–Trinajstić information content (AvgIpc) is 2.25. The van der Waals surface area contributed by atoms with Gasteiger partial charge in [0.05, 0.1) is 4.90 Å². The van der Waals surface area contributed by atoms with Crippen LogP contribution in [0.25, 0.3) is 3.58 Å². The maximum Gasteiger partial charge on any atom is 0.201 e. The van der Waals surface area contributed by atoms with Crippen LogP contribution >= 0.6 is 22.6 Å². The molecule has 1 aliphatic rings. The van der Waals surface area contributed by atoms with Gasteiger partial charge in [0, 0.05) is 14.6 Å². The third-order valence-corrected chi connectivity index (χ3v) is 4.54. The Labute approximate surface area is 84.4 Å². The van der Waals surface area contributed by atoms with Crippen molar-refractivity contribution < 1.29 is 8.42 Å². The summed E-state index contributed by atoms with van der Waals surface area (Å²) in [4.78, 5) is 0.425.